The lowest BCUT2D eigenvalue weighted by molar-refractivity contribution is 0.407. The van der Waals surface area contributed by atoms with Crippen LogP contribution in [0.1, 0.15) is 16.8 Å². The maximum atomic E-state index is 6.26. The molecule has 0 unspecified atom stereocenters. The molecule has 0 spiro atoms. The highest BCUT2D eigenvalue weighted by molar-refractivity contribution is 7.80. The monoisotopic (exact) mass is 381 g/mol. The molecule has 2 aromatic carbocycles. The van der Waals surface area contributed by atoms with E-state index in [4.69, 9.17) is 23.8 Å². The molecule has 0 atom stereocenters. The number of para-hydroxylation sites is 1. The molecule has 3 aromatic rings. The zero-order chi connectivity index (χ0) is 18.4. The molecule has 5 heteroatoms. The van der Waals surface area contributed by atoms with E-state index in [-0.39, 0.29) is 0 Å². The van der Waals surface area contributed by atoms with Crippen molar-refractivity contribution in [2.75, 3.05) is 5.32 Å². The maximum Gasteiger partial charge on any atom is 0.174 e. The molecule has 132 valence electrons. The SMILES string of the molecule is Cc1ccc(CN(Cc2ccccn2)C(=S)Nc2ccccc2Cl)cc1. The van der Waals surface area contributed by atoms with Gasteiger partial charge in [0.05, 0.1) is 22.9 Å². The van der Waals surface area contributed by atoms with E-state index < -0.39 is 0 Å². The Bertz CT molecular complexity index is 866. The molecule has 3 rings (SSSR count). The summed E-state index contributed by atoms with van der Waals surface area (Å²) in [5.41, 5.74) is 4.19. The van der Waals surface area contributed by atoms with E-state index in [1.54, 1.807) is 6.20 Å². The zero-order valence-corrected chi connectivity index (χ0v) is 16.1. The van der Waals surface area contributed by atoms with Gasteiger partial charge < -0.3 is 10.2 Å². The summed E-state index contributed by atoms with van der Waals surface area (Å²) in [4.78, 5) is 6.52. The maximum absolute atomic E-state index is 6.26. The van der Waals surface area contributed by atoms with Gasteiger partial charge in [-0.2, -0.15) is 0 Å². The lowest BCUT2D eigenvalue weighted by Gasteiger charge is -2.26. The third kappa shape index (κ3) is 5.04. The summed E-state index contributed by atoms with van der Waals surface area (Å²) in [5.74, 6) is 0. The van der Waals surface area contributed by atoms with Crippen LogP contribution in [0.25, 0.3) is 0 Å². The number of rotatable bonds is 5. The number of nitrogens with zero attached hydrogens (tertiary/aromatic N) is 2. The third-order valence-electron chi connectivity index (χ3n) is 3.98. The Morgan fingerprint density at radius 1 is 1.00 bits per heavy atom. The summed E-state index contributed by atoms with van der Waals surface area (Å²) in [6.07, 6.45) is 1.80. The molecule has 26 heavy (non-hydrogen) atoms. The van der Waals surface area contributed by atoms with Gasteiger partial charge in [-0.15, -0.1) is 0 Å². The first kappa shape index (κ1) is 18.4. The van der Waals surface area contributed by atoms with Crippen LogP contribution in [0.5, 0.6) is 0 Å². The standard InChI is InChI=1S/C21H20ClN3S/c1-16-9-11-17(12-10-16)14-25(15-18-6-4-5-13-23-18)21(26)24-20-8-3-2-7-19(20)22/h2-13H,14-15H2,1H3,(H,24,26). The molecule has 1 aromatic heterocycles. The Kier molecular flexibility index (Phi) is 6.21. The number of hydrogen-bond acceptors (Lipinski definition) is 2. The molecular weight excluding hydrogens is 362 g/mol. The number of benzene rings is 2. The molecule has 1 N–H and O–H groups in total. The highest BCUT2D eigenvalue weighted by atomic mass is 35.5. The van der Waals surface area contributed by atoms with E-state index >= 15 is 0 Å². The van der Waals surface area contributed by atoms with E-state index in [9.17, 15) is 0 Å². The fraction of sp³-hybridized carbons (Fsp3) is 0.143. The van der Waals surface area contributed by atoms with Crippen LogP contribution in [0.4, 0.5) is 5.69 Å². The van der Waals surface area contributed by atoms with Crippen molar-refractivity contribution in [1.29, 1.82) is 0 Å². The van der Waals surface area contributed by atoms with Crippen molar-refractivity contribution in [3.8, 4) is 0 Å². The van der Waals surface area contributed by atoms with Gasteiger partial charge in [0.1, 0.15) is 0 Å². The number of anilines is 1. The summed E-state index contributed by atoms with van der Waals surface area (Å²) in [5, 5.41) is 4.52. The fourth-order valence-corrected chi connectivity index (χ4v) is 2.98. The highest BCUT2D eigenvalue weighted by Gasteiger charge is 2.13. The summed E-state index contributed by atoms with van der Waals surface area (Å²) in [6, 6.07) is 21.9. The number of aryl methyl sites for hydroxylation is 1. The van der Waals surface area contributed by atoms with E-state index in [1.165, 1.54) is 11.1 Å². The minimum atomic E-state index is 0.615. The molecule has 0 fully saturated rings. The number of nitrogens with one attached hydrogen (secondary N) is 1. The van der Waals surface area contributed by atoms with Crippen molar-refractivity contribution < 1.29 is 0 Å². The van der Waals surface area contributed by atoms with Crippen LogP contribution < -0.4 is 5.32 Å². The molecule has 1 heterocycles. The van der Waals surface area contributed by atoms with Crippen LogP contribution in [-0.2, 0) is 13.1 Å². The molecule has 3 nitrogen and oxygen atoms in total. The van der Waals surface area contributed by atoms with Gasteiger partial charge in [0.15, 0.2) is 5.11 Å². The van der Waals surface area contributed by atoms with E-state index in [0.29, 0.717) is 23.2 Å². The second-order valence-electron chi connectivity index (χ2n) is 6.07. The smallest absolute Gasteiger partial charge is 0.174 e. The van der Waals surface area contributed by atoms with Gasteiger partial charge in [-0.3, -0.25) is 4.98 Å². The van der Waals surface area contributed by atoms with Crippen LogP contribution in [0.15, 0.2) is 72.9 Å². The van der Waals surface area contributed by atoms with Crippen LogP contribution in [0.3, 0.4) is 0 Å². The van der Waals surface area contributed by atoms with Crippen molar-refractivity contribution in [2.24, 2.45) is 0 Å². The normalized spacial score (nSPS) is 10.4. The number of halogens is 1. The van der Waals surface area contributed by atoms with Gasteiger partial charge in [0, 0.05) is 12.7 Å². The Morgan fingerprint density at radius 2 is 1.73 bits per heavy atom. The first-order chi connectivity index (χ1) is 12.6. The Labute approximate surface area is 164 Å². The summed E-state index contributed by atoms with van der Waals surface area (Å²) < 4.78 is 0. The molecule has 0 aliphatic rings. The first-order valence-corrected chi connectivity index (χ1v) is 9.16. The number of pyridine rings is 1. The quantitative estimate of drug-likeness (QED) is 0.595. The zero-order valence-electron chi connectivity index (χ0n) is 14.5. The second kappa shape index (κ2) is 8.79. The van der Waals surface area contributed by atoms with E-state index in [1.807, 2.05) is 42.5 Å². The Morgan fingerprint density at radius 3 is 2.42 bits per heavy atom. The molecular formula is C21H20ClN3S. The van der Waals surface area contributed by atoms with Gasteiger partial charge in [-0.1, -0.05) is 59.6 Å². The second-order valence-corrected chi connectivity index (χ2v) is 6.87. The predicted molar refractivity (Wildman–Crippen MR) is 112 cm³/mol. The molecule has 0 aliphatic carbocycles. The summed E-state index contributed by atoms with van der Waals surface area (Å²) in [7, 11) is 0. The molecule has 0 amide bonds. The van der Waals surface area contributed by atoms with Crippen molar-refractivity contribution in [3.05, 3.63) is 94.8 Å². The van der Waals surface area contributed by atoms with Crippen LogP contribution in [0, 0.1) is 6.92 Å². The minimum Gasteiger partial charge on any atom is -0.339 e. The number of aromatic nitrogens is 1. The molecule has 0 aliphatic heterocycles. The average Bonchev–Trinajstić information content (AvgIpc) is 2.65. The predicted octanol–water partition coefficient (Wildman–Crippen LogP) is 5.44. The lowest BCUT2D eigenvalue weighted by Crippen LogP contribution is -2.34. The van der Waals surface area contributed by atoms with Gasteiger partial charge in [0.2, 0.25) is 0 Å². The van der Waals surface area contributed by atoms with Crippen molar-refractivity contribution >= 4 is 34.6 Å². The number of hydrogen-bond donors (Lipinski definition) is 1. The average molecular weight is 382 g/mol. The Hall–Kier alpha value is -2.43. The third-order valence-corrected chi connectivity index (χ3v) is 4.67. The van der Waals surface area contributed by atoms with E-state index in [2.05, 4.69) is 46.4 Å². The van der Waals surface area contributed by atoms with Crippen molar-refractivity contribution in [3.63, 3.8) is 0 Å². The van der Waals surface area contributed by atoms with Gasteiger partial charge >= 0.3 is 0 Å². The molecule has 0 bridgehead atoms. The summed E-state index contributed by atoms with van der Waals surface area (Å²) >= 11 is 11.9. The van der Waals surface area contributed by atoms with Crippen LogP contribution >= 0.6 is 23.8 Å². The van der Waals surface area contributed by atoms with Crippen molar-refractivity contribution in [2.45, 2.75) is 20.0 Å². The topological polar surface area (TPSA) is 28.2 Å². The van der Waals surface area contributed by atoms with Crippen LogP contribution in [-0.4, -0.2) is 15.0 Å². The summed E-state index contributed by atoms with van der Waals surface area (Å²) in [6.45, 7) is 3.39. The molecule has 0 radical (unpaired) electrons. The van der Waals surface area contributed by atoms with Gasteiger partial charge in [-0.05, 0) is 49.0 Å². The van der Waals surface area contributed by atoms with Gasteiger partial charge in [0.25, 0.3) is 0 Å². The van der Waals surface area contributed by atoms with Crippen molar-refractivity contribution in [1.82, 2.24) is 9.88 Å². The highest BCUT2D eigenvalue weighted by Crippen LogP contribution is 2.21. The minimum absolute atomic E-state index is 0.615. The van der Waals surface area contributed by atoms with Gasteiger partial charge in [-0.25, -0.2) is 0 Å². The molecule has 0 saturated carbocycles. The first-order valence-electron chi connectivity index (χ1n) is 8.38. The number of thiocarbonyl (C=S) groups is 1. The lowest BCUT2D eigenvalue weighted by atomic mass is 10.1. The van der Waals surface area contributed by atoms with Crippen LogP contribution in [0.2, 0.25) is 5.02 Å². The largest absolute Gasteiger partial charge is 0.339 e. The fourth-order valence-electron chi connectivity index (χ4n) is 2.56. The molecule has 0 saturated heterocycles. The Balaban J connectivity index is 1.80. The van der Waals surface area contributed by atoms with E-state index in [0.717, 1.165) is 11.4 Å².